The summed E-state index contributed by atoms with van der Waals surface area (Å²) >= 11 is 5.84. The fourth-order valence-electron chi connectivity index (χ4n) is 1.42. The molecule has 0 nitrogen and oxygen atoms in total. The fourth-order valence-corrected chi connectivity index (χ4v) is 2.26. The lowest BCUT2D eigenvalue weighted by atomic mass is 10.0. The highest BCUT2D eigenvalue weighted by atomic mass is 127. The fraction of sp³-hybridized carbons (Fsp3) is 0.455. The molecule has 1 aromatic rings. The first kappa shape index (κ1) is 11.5. The van der Waals surface area contributed by atoms with Crippen LogP contribution in [0.4, 0.5) is 0 Å². The average molecular weight is 353 g/mol. The van der Waals surface area contributed by atoms with E-state index in [4.69, 9.17) is 0 Å². The molecule has 1 rings (SSSR count). The molecule has 13 heavy (non-hydrogen) atoms. The zero-order valence-electron chi connectivity index (χ0n) is 7.82. The van der Waals surface area contributed by atoms with Gasteiger partial charge in [0, 0.05) is 8.90 Å². The van der Waals surface area contributed by atoms with Gasteiger partial charge in [-0.15, -0.1) is 0 Å². The van der Waals surface area contributed by atoms with Crippen LogP contribution >= 0.6 is 38.5 Å². The number of halogens is 2. The third kappa shape index (κ3) is 3.58. The summed E-state index contributed by atoms with van der Waals surface area (Å²) in [6.45, 7) is 2.23. The van der Waals surface area contributed by atoms with E-state index in [1.54, 1.807) is 0 Å². The van der Waals surface area contributed by atoms with E-state index < -0.39 is 0 Å². The average Bonchev–Trinajstić information content (AvgIpc) is 2.16. The molecular weight excluding hydrogens is 339 g/mol. The summed E-state index contributed by atoms with van der Waals surface area (Å²) in [5, 5.41) is 1.10. The van der Waals surface area contributed by atoms with E-state index in [0.717, 1.165) is 11.8 Å². The molecule has 0 heterocycles. The van der Waals surface area contributed by atoms with Gasteiger partial charge in [-0.2, -0.15) is 0 Å². The van der Waals surface area contributed by atoms with Gasteiger partial charge in [0.2, 0.25) is 0 Å². The van der Waals surface area contributed by atoms with Gasteiger partial charge in [0.1, 0.15) is 0 Å². The van der Waals surface area contributed by atoms with E-state index in [9.17, 15) is 0 Å². The lowest BCUT2D eigenvalue weighted by Gasteiger charge is -2.07. The van der Waals surface area contributed by atoms with Crippen molar-refractivity contribution in [2.75, 3.05) is 5.33 Å². The van der Waals surface area contributed by atoms with Gasteiger partial charge in [0.05, 0.1) is 0 Å². The van der Waals surface area contributed by atoms with Crippen LogP contribution in [-0.4, -0.2) is 5.33 Å². The standard InChI is InChI=1S/C11H14BrI/c1-2-9-8-11(13)6-5-10(9)4-3-7-12/h5-6,8H,2-4,7H2,1H3. The first-order valence-electron chi connectivity index (χ1n) is 4.61. The molecule has 0 radical (unpaired) electrons. The Labute approximate surface area is 102 Å². The highest BCUT2D eigenvalue weighted by Crippen LogP contribution is 2.16. The van der Waals surface area contributed by atoms with Gasteiger partial charge in [0.25, 0.3) is 0 Å². The van der Waals surface area contributed by atoms with Crippen LogP contribution in [0.25, 0.3) is 0 Å². The number of benzene rings is 1. The van der Waals surface area contributed by atoms with Gasteiger partial charge in [-0.1, -0.05) is 28.9 Å². The number of aryl methyl sites for hydroxylation is 2. The van der Waals surface area contributed by atoms with Crippen molar-refractivity contribution < 1.29 is 0 Å². The van der Waals surface area contributed by atoms with Crippen LogP contribution in [0.2, 0.25) is 0 Å². The second-order valence-electron chi connectivity index (χ2n) is 3.06. The molecule has 1 aromatic carbocycles. The maximum absolute atomic E-state index is 3.47. The first-order chi connectivity index (χ1) is 6.27. The third-order valence-corrected chi connectivity index (χ3v) is 3.36. The Kier molecular flexibility index (Phi) is 5.32. The Morgan fingerprint density at radius 1 is 1.31 bits per heavy atom. The van der Waals surface area contributed by atoms with Crippen molar-refractivity contribution >= 4 is 38.5 Å². The van der Waals surface area contributed by atoms with E-state index in [1.807, 2.05) is 0 Å². The monoisotopic (exact) mass is 352 g/mol. The quantitative estimate of drug-likeness (QED) is 0.563. The van der Waals surface area contributed by atoms with Crippen molar-refractivity contribution in [3.05, 3.63) is 32.9 Å². The van der Waals surface area contributed by atoms with Crippen molar-refractivity contribution in [3.63, 3.8) is 0 Å². The van der Waals surface area contributed by atoms with E-state index in [-0.39, 0.29) is 0 Å². The molecule has 0 aliphatic heterocycles. The van der Waals surface area contributed by atoms with Crippen molar-refractivity contribution in [3.8, 4) is 0 Å². The summed E-state index contributed by atoms with van der Waals surface area (Å²) in [6.07, 6.45) is 3.58. The summed E-state index contributed by atoms with van der Waals surface area (Å²) in [7, 11) is 0. The van der Waals surface area contributed by atoms with Gasteiger partial charge in [-0.25, -0.2) is 0 Å². The van der Waals surface area contributed by atoms with Crippen molar-refractivity contribution in [1.29, 1.82) is 0 Å². The molecule has 2 heteroatoms. The van der Waals surface area contributed by atoms with Gasteiger partial charge in [-0.05, 0) is 65.1 Å². The molecule has 0 spiro atoms. The highest BCUT2D eigenvalue weighted by Gasteiger charge is 2.00. The highest BCUT2D eigenvalue weighted by molar-refractivity contribution is 14.1. The van der Waals surface area contributed by atoms with Crippen molar-refractivity contribution in [2.24, 2.45) is 0 Å². The normalized spacial score (nSPS) is 10.4. The lowest BCUT2D eigenvalue weighted by Crippen LogP contribution is -1.94. The second kappa shape index (κ2) is 6.02. The van der Waals surface area contributed by atoms with Crippen LogP contribution in [0.3, 0.4) is 0 Å². The maximum Gasteiger partial charge on any atom is 0.0133 e. The smallest absolute Gasteiger partial charge is 0.0133 e. The Bertz CT molecular complexity index is 271. The second-order valence-corrected chi connectivity index (χ2v) is 5.10. The topological polar surface area (TPSA) is 0 Å². The maximum atomic E-state index is 3.47. The Balaban J connectivity index is 2.79. The summed E-state index contributed by atoms with van der Waals surface area (Å²) in [5.41, 5.74) is 3.02. The van der Waals surface area contributed by atoms with Crippen LogP contribution in [0.15, 0.2) is 18.2 Å². The van der Waals surface area contributed by atoms with Gasteiger partial charge in [0.15, 0.2) is 0 Å². The zero-order valence-corrected chi connectivity index (χ0v) is 11.6. The van der Waals surface area contributed by atoms with E-state index in [2.05, 4.69) is 63.6 Å². The number of hydrogen-bond acceptors (Lipinski definition) is 0. The zero-order chi connectivity index (χ0) is 9.68. The van der Waals surface area contributed by atoms with E-state index >= 15 is 0 Å². The van der Waals surface area contributed by atoms with Crippen LogP contribution in [0.5, 0.6) is 0 Å². The van der Waals surface area contributed by atoms with Crippen LogP contribution in [0, 0.1) is 3.57 Å². The Hall–Kier alpha value is 0.430. The molecule has 0 amide bonds. The molecule has 0 atom stereocenters. The minimum atomic E-state index is 1.10. The molecule has 0 unspecified atom stereocenters. The van der Waals surface area contributed by atoms with Gasteiger partial charge in [-0.3, -0.25) is 0 Å². The van der Waals surface area contributed by atoms with E-state index in [0.29, 0.717) is 0 Å². The van der Waals surface area contributed by atoms with Crippen molar-refractivity contribution in [2.45, 2.75) is 26.2 Å². The summed E-state index contributed by atoms with van der Waals surface area (Å²) < 4.78 is 1.34. The van der Waals surface area contributed by atoms with Gasteiger partial charge < -0.3 is 0 Å². The minimum Gasteiger partial charge on any atom is -0.0928 e. The molecule has 0 aliphatic carbocycles. The molecule has 72 valence electrons. The predicted octanol–water partition coefficient (Wildman–Crippen LogP) is 4.18. The lowest BCUT2D eigenvalue weighted by molar-refractivity contribution is 0.913. The summed E-state index contributed by atoms with van der Waals surface area (Å²) in [4.78, 5) is 0. The molecule has 0 aliphatic rings. The van der Waals surface area contributed by atoms with Crippen LogP contribution in [-0.2, 0) is 12.8 Å². The molecule has 0 saturated heterocycles. The minimum absolute atomic E-state index is 1.10. The Morgan fingerprint density at radius 3 is 2.69 bits per heavy atom. The van der Waals surface area contributed by atoms with Gasteiger partial charge >= 0.3 is 0 Å². The molecule has 0 aromatic heterocycles. The van der Waals surface area contributed by atoms with Crippen LogP contribution in [0.1, 0.15) is 24.5 Å². The van der Waals surface area contributed by atoms with Crippen molar-refractivity contribution in [1.82, 2.24) is 0 Å². The largest absolute Gasteiger partial charge is 0.0928 e. The summed E-state index contributed by atoms with van der Waals surface area (Å²) in [5.74, 6) is 0. The Morgan fingerprint density at radius 2 is 2.08 bits per heavy atom. The molecular formula is C11H14BrI. The van der Waals surface area contributed by atoms with Crippen LogP contribution < -0.4 is 0 Å². The number of rotatable bonds is 4. The molecule has 0 bridgehead atoms. The molecule has 0 saturated carbocycles. The first-order valence-corrected chi connectivity index (χ1v) is 6.81. The van der Waals surface area contributed by atoms with E-state index in [1.165, 1.54) is 27.5 Å². The summed E-state index contributed by atoms with van der Waals surface area (Å²) in [6, 6.07) is 6.76. The molecule has 0 N–H and O–H groups in total. The number of hydrogen-bond donors (Lipinski definition) is 0. The number of alkyl halides is 1. The predicted molar refractivity (Wildman–Crippen MR) is 70.7 cm³/mol. The third-order valence-electron chi connectivity index (χ3n) is 2.13. The SMILES string of the molecule is CCc1cc(I)ccc1CCCBr. The molecule has 0 fully saturated rings.